The SMILES string of the molecule is O=C(/C=C\c1cccnc1)OCC(O)CN1CCCCC1. The van der Waals surface area contributed by atoms with Crippen LogP contribution in [0.5, 0.6) is 0 Å². The van der Waals surface area contributed by atoms with E-state index in [-0.39, 0.29) is 6.61 Å². The molecule has 1 fully saturated rings. The summed E-state index contributed by atoms with van der Waals surface area (Å²) in [6.45, 7) is 2.64. The molecule has 5 heteroatoms. The van der Waals surface area contributed by atoms with E-state index in [1.165, 1.54) is 25.3 Å². The first-order chi connectivity index (χ1) is 10.2. The molecule has 1 aliphatic heterocycles. The van der Waals surface area contributed by atoms with Crippen LogP contribution in [0.3, 0.4) is 0 Å². The maximum Gasteiger partial charge on any atom is 0.330 e. The van der Waals surface area contributed by atoms with Gasteiger partial charge in [-0.15, -0.1) is 0 Å². The molecule has 1 N–H and O–H groups in total. The summed E-state index contributed by atoms with van der Waals surface area (Å²) in [5.41, 5.74) is 0.836. The molecule has 5 nitrogen and oxygen atoms in total. The number of likely N-dealkylation sites (tertiary alicyclic amines) is 1. The molecular formula is C16H22N2O3. The number of nitrogens with zero attached hydrogens (tertiary/aromatic N) is 2. The van der Waals surface area contributed by atoms with Gasteiger partial charge in [-0.1, -0.05) is 12.5 Å². The summed E-state index contributed by atoms with van der Waals surface area (Å²) in [6.07, 6.45) is 9.33. The van der Waals surface area contributed by atoms with Crippen LogP contribution in [0.4, 0.5) is 0 Å². The van der Waals surface area contributed by atoms with Crippen molar-refractivity contribution in [3.05, 3.63) is 36.2 Å². The van der Waals surface area contributed by atoms with Crippen LogP contribution in [0.2, 0.25) is 0 Å². The highest BCUT2D eigenvalue weighted by molar-refractivity contribution is 5.86. The molecule has 1 aliphatic rings. The average molecular weight is 290 g/mol. The summed E-state index contributed by atoms with van der Waals surface area (Å²) in [4.78, 5) is 17.7. The Morgan fingerprint density at radius 3 is 2.95 bits per heavy atom. The fourth-order valence-electron chi connectivity index (χ4n) is 2.36. The van der Waals surface area contributed by atoms with Gasteiger partial charge < -0.3 is 14.7 Å². The van der Waals surface area contributed by atoms with E-state index in [1.807, 2.05) is 6.07 Å². The van der Waals surface area contributed by atoms with Crippen LogP contribution < -0.4 is 0 Å². The van der Waals surface area contributed by atoms with Crippen LogP contribution in [0.15, 0.2) is 30.6 Å². The normalized spacial score (nSPS) is 17.8. The molecule has 2 rings (SSSR count). The number of hydrogen-bond donors (Lipinski definition) is 1. The van der Waals surface area contributed by atoms with Crippen molar-refractivity contribution in [2.45, 2.75) is 25.4 Å². The van der Waals surface area contributed by atoms with E-state index >= 15 is 0 Å². The number of aliphatic hydroxyl groups excluding tert-OH is 1. The van der Waals surface area contributed by atoms with Gasteiger partial charge in [0.1, 0.15) is 12.7 Å². The van der Waals surface area contributed by atoms with Crippen molar-refractivity contribution in [1.29, 1.82) is 0 Å². The number of carbonyl (C=O) groups excluding carboxylic acids is 1. The number of esters is 1. The smallest absolute Gasteiger partial charge is 0.330 e. The van der Waals surface area contributed by atoms with Gasteiger partial charge in [0, 0.05) is 25.0 Å². The van der Waals surface area contributed by atoms with E-state index < -0.39 is 12.1 Å². The molecule has 1 aromatic rings. The van der Waals surface area contributed by atoms with Gasteiger partial charge in [-0.2, -0.15) is 0 Å². The topological polar surface area (TPSA) is 62.7 Å². The molecule has 1 atom stereocenters. The largest absolute Gasteiger partial charge is 0.460 e. The Morgan fingerprint density at radius 2 is 2.24 bits per heavy atom. The second-order valence-electron chi connectivity index (χ2n) is 5.26. The summed E-state index contributed by atoms with van der Waals surface area (Å²) < 4.78 is 5.04. The summed E-state index contributed by atoms with van der Waals surface area (Å²) >= 11 is 0. The maximum atomic E-state index is 11.6. The Kier molecular flexibility index (Phi) is 6.37. The second kappa shape index (κ2) is 8.54. The monoisotopic (exact) mass is 290 g/mol. The highest BCUT2D eigenvalue weighted by Crippen LogP contribution is 2.09. The van der Waals surface area contributed by atoms with Crippen molar-refractivity contribution in [3.63, 3.8) is 0 Å². The summed E-state index contributed by atoms with van der Waals surface area (Å²) in [6, 6.07) is 3.65. The lowest BCUT2D eigenvalue weighted by Gasteiger charge is -2.28. The molecule has 1 unspecified atom stereocenters. The Balaban J connectivity index is 1.67. The first-order valence-corrected chi connectivity index (χ1v) is 7.39. The lowest BCUT2D eigenvalue weighted by atomic mass is 10.1. The van der Waals surface area contributed by atoms with Crippen LogP contribution in [-0.2, 0) is 9.53 Å². The third kappa shape index (κ3) is 6.06. The van der Waals surface area contributed by atoms with E-state index in [2.05, 4.69) is 9.88 Å². The lowest BCUT2D eigenvalue weighted by Crippen LogP contribution is -2.38. The number of ether oxygens (including phenoxy) is 1. The number of pyridine rings is 1. The molecule has 0 spiro atoms. The standard InChI is InChI=1S/C16H22N2O3/c19-15(12-18-9-2-1-3-10-18)13-21-16(20)7-6-14-5-4-8-17-11-14/h4-8,11,15,19H,1-3,9-10,12-13H2/b7-6-. The summed E-state index contributed by atoms with van der Waals surface area (Å²) in [5, 5.41) is 9.88. The fraction of sp³-hybridized carbons (Fsp3) is 0.500. The Bertz CT molecular complexity index is 456. The molecule has 0 aliphatic carbocycles. The first-order valence-electron chi connectivity index (χ1n) is 7.39. The molecule has 2 heterocycles. The van der Waals surface area contributed by atoms with Crippen LogP contribution in [0.1, 0.15) is 24.8 Å². The van der Waals surface area contributed by atoms with Crippen molar-refractivity contribution >= 4 is 12.0 Å². The van der Waals surface area contributed by atoms with Gasteiger partial charge in [0.2, 0.25) is 0 Å². The molecule has 0 amide bonds. The van der Waals surface area contributed by atoms with Gasteiger partial charge >= 0.3 is 5.97 Å². The summed E-state index contributed by atoms with van der Waals surface area (Å²) in [7, 11) is 0. The first kappa shape index (κ1) is 15.7. The number of aliphatic hydroxyl groups is 1. The molecule has 0 bridgehead atoms. The van der Waals surface area contributed by atoms with Gasteiger partial charge in [0.25, 0.3) is 0 Å². The Labute approximate surface area is 125 Å². The van der Waals surface area contributed by atoms with Gasteiger partial charge in [0.05, 0.1) is 0 Å². The minimum Gasteiger partial charge on any atom is -0.460 e. The van der Waals surface area contributed by atoms with Crippen molar-refractivity contribution in [2.75, 3.05) is 26.2 Å². The third-order valence-corrected chi connectivity index (χ3v) is 3.43. The second-order valence-corrected chi connectivity index (χ2v) is 5.26. The predicted octanol–water partition coefficient (Wildman–Crippen LogP) is 1.48. The zero-order chi connectivity index (χ0) is 14.9. The number of hydrogen-bond acceptors (Lipinski definition) is 5. The van der Waals surface area contributed by atoms with Gasteiger partial charge in [-0.3, -0.25) is 4.98 Å². The van der Waals surface area contributed by atoms with Gasteiger partial charge in [0.15, 0.2) is 0 Å². The van der Waals surface area contributed by atoms with Crippen molar-refractivity contribution in [3.8, 4) is 0 Å². The minimum absolute atomic E-state index is 0.0344. The molecule has 0 aromatic carbocycles. The lowest BCUT2D eigenvalue weighted by molar-refractivity contribution is -0.141. The van der Waals surface area contributed by atoms with Crippen LogP contribution in [-0.4, -0.2) is 53.3 Å². The van der Waals surface area contributed by atoms with E-state index in [4.69, 9.17) is 4.74 Å². The van der Waals surface area contributed by atoms with Gasteiger partial charge in [-0.05, 0) is 43.6 Å². The molecule has 21 heavy (non-hydrogen) atoms. The van der Waals surface area contributed by atoms with Crippen molar-refractivity contribution in [2.24, 2.45) is 0 Å². The molecular weight excluding hydrogens is 268 g/mol. The van der Waals surface area contributed by atoms with Crippen molar-refractivity contribution in [1.82, 2.24) is 9.88 Å². The fourth-order valence-corrected chi connectivity index (χ4v) is 2.36. The highest BCUT2D eigenvalue weighted by Gasteiger charge is 2.15. The number of aromatic nitrogens is 1. The van der Waals surface area contributed by atoms with Crippen molar-refractivity contribution < 1.29 is 14.6 Å². The maximum absolute atomic E-state index is 11.6. The Hall–Kier alpha value is -1.72. The quantitative estimate of drug-likeness (QED) is 0.635. The number of rotatable bonds is 6. The molecule has 114 valence electrons. The number of carbonyl (C=O) groups is 1. The number of β-amino-alcohol motifs (C(OH)–C–C–N with tert-alkyl or cyclic N) is 1. The zero-order valence-electron chi connectivity index (χ0n) is 12.1. The third-order valence-electron chi connectivity index (χ3n) is 3.43. The van der Waals surface area contributed by atoms with Crippen LogP contribution in [0.25, 0.3) is 6.08 Å². The minimum atomic E-state index is -0.626. The van der Waals surface area contributed by atoms with E-state index in [1.54, 1.807) is 24.5 Å². The molecule has 1 saturated heterocycles. The molecule has 1 aromatic heterocycles. The van der Waals surface area contributed by atoms with E-state index in [0.29, 0.717) is 6.54 Å². The summed E-state index contributed by atoms with van der Waals surface area (Å²) in [5.74, 6) is -0.448. The number of piperidine rings is 1. The van der Waals surface area contributed by atoms with Crippen LogP contribution in [0, 0.1) is 0 Å². The van der Waals surface area contributed by atoms with E-state index in [0.717, 1.165) is 18.7 Å². The zero-order valence-corrected chi connectivity index (χ0v) is 12.1. The van der Waals surface area contributed by atoms with E-state index in [9.17, 15) is 9.90 Å². The molecule has 0 saturated carbocycles. The Morgan fingerprint density at radius 1 is 1.43 bits per heavy atom. The molecule has 0 radical (unpaired) electrons. The van der Waals surface area contributed by atoms with Crippen LogP contribution >= 0.6 is 0 Å². The average Bonchev–Trinajstić information content (AvgIpc) is 2.53. The van der Waals surface area contributed by atoms with Gasteiger partial charge in [-0.25, -0.2) is 4.79 Å². The predicted molar refractivity (Wildman–Crippen MR) is 80.5 cm³/mol. The highest BCUT2D eigenvalue weighted by atomic mass is 16.5.